The molecule has 1 aliphatic heterocycles. The van der Waals surface area contributed by atoms with Crippen molar-refractivity contribution in [2.45, 2.75) is 24.8 Å². The van der Waals surface area contributed by atoms with Gasteiger partial charge >= 0.3 is 5.97 Å². The number of morpholine rings is 1. The number of aromatic carboxylic acids is 1. The van der Waals surface area contributed by atoms with Crippen molar-refractivity contribution < 1.29 is 23.1 Å². The molecule has 0 aromatic heterocycles. The van der Waals surface area contributed by atoms with Gasteiger partial charge in [0.1, 0.15) is 0 Å². The van der Waals surface area contributed by atoms with E-state index in [1.165, 1.54) is 29.4 Å². The summed E-state index contributed by atoms with van der Waals surface area (Å²) in [6, 6.07) is 4.29. The fraction of sp³-hybridized carbons (Fsp3) is 0.462. The monoisotopic (exact) mass is 299 g/mol. The number of nitrogens with zero attached hydrogens (tertiary/aromatic N) is 1. The standard InChI is InChI=1S/C13H17NO5S/c1-9-8-14(6-7-19-9)20(17,18)12-5-3-4-11(10(12)2)13(15)16/h3-5,9H,6-8H2,1-2H3,(H,15,16). The van der Waals surface area contributed by atoms with E-state index in [1.807, 2.05) is 6.92 Å². The van der Waals surface area contributed by atoms with Crippen molar-refractivity contribution in [1.29, 1.82) is 0 Å². The summed E-state index contributed by atoms with van der Waals surface area (Å²) in [5.74, 6) is -1.13. The normalized spacial score (nSPS) is 20.8. The lowest BCUT2D eigenvalue weighted by atomic mass is 10.1. The van der Waals surface area contributed by atoms with E-state index in [0.717, 1.165) is 0 Å². The Kier molecular flexibility index (Phi) is 4.12. The molecular weight excluding hydrogens is 282 g/mol. The molecule has 110 valence electrons. The lowest BCUT2D eigenvalue weighted by Gasteiger charge is -2.30. The second kappa shape index (κ2) is 5.51. The molecule has 6 nitrogen and oxygen atoms in total. The molecule has 0 saturated carbocycles. The molecule has 0 radical (unpaired) electrons. The molecule has 1 saturated heterocycles. The Morgan fingerprint density at radius 2 is 2.15 bits per heavy atom. The van der Waals surface area contributed by atoms with Crippen LogP contribution in [0.5, 0.6) is 0 Å². The predicted molar refractivity (Wildman–Crippen MR) is 72.3 cm³/mol. The average Bonchev–Trinajstić information content (AvgIpc) is 2.38. The van der Waals surface area contributed by atoms with Crippen LogP contribution < -0.4 is 0 Å². The van der Waals surface area contributed by atoms with Gasteiger partial charge in [-0.15, -0.1) is 0 Å². The van der Waals surface area contributed by atoms with Crippen LogP contribution in [0.25, 0.3) is 0 Å². The molecule has 0 bridgehead atoms. The zero-order valence-electron chi connectivity index (χ0n) is 11.4. The van der Waals surface area contributed by atoms with Crippen molar-refractivity contribution in [2.24, 2.45) is 0 Å². The first kappa shape index (κ1) is 15.0. The number of rotatable bonds is 3. The molecule has 7 heteroatoms. The van der Waals surface area contributed by atoms with E-state index in [1.54, 1.807) is 0 Å². The maximum Gasteiger partial charge on any atom is 0.335 e. The second-order valence-corrected chi connectivity index (χ2v) is 6.68. The minimum Gasteiger partial charge on any atom is -0.478 e. The number of hydrogen-bond acceptors (Lipinski definition) is 4. The van der Waals surface area contributed by atoms with E-state index in [0.29, 0.717) is 6.61 Å². The summed E-state index contributed by atoms with van der Waals surface area (Å²) < 4.78 is 31.9. The Balaban J connectivity index is 2.44. The van der Waals surface area contributed by atoms with Gasteiger partial charge in [0.2, 0.25) is 10.0 Å². The maximum absolute atomic E-state index is 12.6. The zero-order valence-corrected chi connectivity index (χ0v) is 12.2. The number of carbonyl (C=O) groups is 1. The van der Waals surface area contributed by atoms with Crippen molar-refractivity contribution in [2.75, 3.05) is 19.7 Å². The van der Waals surface area contributed by atoms with Crippen LogP contribution in [-0.2, 0) is 14.8 Å². The minimum atomic E-state index is -3.69. The number of carboxylic acid groups (broad SMARTS) is 1. The number of ether oxygens (including phenoxy) is 1. The van der Waals surface area contributed by atoms with Crippen molar-refractivity contribution in [3.05, 3.63) is 29.3 Å². The molecule has 0 amide bonds. The van der Waals surface area contributed by atoms with Crippen LogP contribution in [0.2, 0.25) is 0 Å². The van der Waals surface area contributed by atoms with Crippen molar-refractivity contribution in [1.82, 2.24) is 4.31 Å². The minimum absolute atomic E-state index is 0.00684. The third kappa shape index (κ3) is 2.70. The second-order valence-electron chi connectivity index (χ2n) is 4.78. The number of sulfonamides is 1. The fourth-order valence-electron chi connectivity index (χ4n) is 2.27. The highest BCUT2D eigenvalue weighted by Gasteiger charge is 2.31. The van der Waals surface area contributed by atoms with Crippen molar-refractivity contribution in [3.63, 3.8) is 0 Å². The number of carboxylic acids is 1. The van der Waals surface area contributed by atoms with E-state index < -0.39 is 16.0 Å². The molecule has 1 atom stereocenters. The Morgan fingerprint density at radius 1 is 1.45 bits per heavy atom. The lowest BCUT2D eigenvalue weighted by Crippen LogP contribution is -2.44. The summed E-state index contributed by atoms with van der Waals surface area (Å²) >= 11 is 0. The largest absolute Gasteiger partial charge is 0.478 e. The third-order valence-electron chi connectivity index (χ3n) is 3.34. The molecule has 1 N–H and O–H groups in total. The highest BCUT2D eigenvalue weighted by molar-refractivity contribution is 7.89. The first-order valence-corrected chi connectivity index (χ1v) is 7.72. The van der Waals surface area contributed by atoms with Gasteiger partial charge in [-0.3, -0.25) is 0 Å². The summed E-state index contributed by atoms with van der Waals surface area (Å²) in [6.45, 7) is 4.23. The van der Waals surface area contributed by atoms with Gasteiger partial charge in [-0.25, -0.2) is 13.2 Å². The summed E-state index contributed by atoms with van der Waals surface area (Å²) in [4.78, 5) is 11.1. The Hall–Kier alpha value is -1.44. The van der Waals surface area contributed by atoms with Crippen LogP contribution in [-0.4, -0.2) is 49.6 Å². The fourth-order valence-corrected chi connectivity index (χ4v) is 4.02. The molecule has 1 heterocycles. The summed E-state index contributed by atoms with van der Waals surface area (Å²) in [7, 11) is -3.69. The Bertz CT molecular complexity index is 626. The summed E-state index contributed by atoms with van der Waals surface area (Å²) in [6.07, 6.45) is -0.165. The summed E-state index contributed by atoms with van der Waals surface area (Å²) in [5, 5.41) is 9.08. The maximum atomic E-state index is 12.6. The third-order valence-corrected chi connectivity index (χ3v) is 5.35. The van der Waals surface area contributed by atoms with Crippen LogP contribution in [0.4, 0.5) is 0 Å². The van der Waals surface area contributed by atoms with Crippen LogP contribution in [0.3, 0.4) is 0 Å². The molecule has 2 rings (SSSR count). The summed E-state index contributed by atoms with van der Waals surface area (Å²) in [5.41, 5.74) is 0.270. The molecule has 1 aromatic carbocycles. The molecule has 1 aromatic rings. The molecule has 0 spiro atoms. The lowest BCUT2D eigenvalue weighted by molar-refractivity contribution is 0.0101. The molecule has 0 aliphatic carbocycles. The molecule has 1 aliphatic rings. The first-order valence-electron chi connectivity index (χ1n) is 6.28. The molecule has 1 unspecified atom stereocenters. The zero-order chi connectivity index (χ0) is 14.9. The van der Waals surface area contributed by atoms with Gasteiger partial charge in [-0.05, 0) is 31.5 Å². The highest BCUT2D eigenvalue weighted by Crippen LogP contribution is 2.24. The van der Waals surface area contributed by atoms with Gasteiger partial charge in [0, 0.05) is 13.1 Å². The smallest absolute Gasteiger partial charge is 0.335 e. The van der Waals surface area contributed by atoms with Crippen LogP contribution in [0.1, 0.15) is 22.8 Å². The van der Waals surface area contributed by atoms with Crippen molar-refractivity contribution in [3.8, 4) is 0 Å². The SMILES string of the molecule is Cc1c(C(=O)O)cccc1S(=O)(=O)N1CCOC(C)C1. The first-order chi connectivity index (χ1) is 9.34. The quantitative estimate of drug-likeness (QED) is 0.903. The van der Waals surface area contributed by atoms with Gasteiger partial charge in [-0.2, -0.15) is 4.31 Å². The van der Waals surface area contributed by atoms with Crippen LogP contribution in [0, 0.1) is 6.92 Å². The molecular formula is C13H17NO5S. The predicted octanol–water partition coefficient (Wildman–Crippen LogP) is 1.10. The average molecular weight is 299 g/mol. The topological polar surface area (TPSA) is 83.9 Å². The van der Waals surface area contributed by atoms with E-state index in [2.05, 4.69) is 0 Å². The van der Waals surface area contributed by atoms with Gasteiger partial charge in [-0.1, -0.05) is 6.07 Å². The van der Waals surface area contributed by atoms with Crippen LogP contribution in [0.15, 0.2) is 23.1 Å². The van der Waals surface area contributed by atoms with E-state index >= 15 is 0 Å². The van der Waals surface area contributed by atoms with E-state index in [-0.39, 0.29) is 35.2 Å². The number of hydrogen-bond donors (Lipinski definition) is 1. The van der Waals surface area contributed by atoms with Crippen molar-refractivity contribution >= 4 is 16.0 Å². The van der Waals surface area contributed by atoms with Crippen LogP contribution >= 0.6 is 0 Å². The van der Waals surface area contributed by atoms with Gasteiger partial charge in [0.05, 0.1) is 23.2 Å². The molecule has 1 fully saturated rings. The Labute approximate surface area is 118 Å². The van der Waals surface area contributed by atoms with Gasteiger partial charge in [0.25, 0.3) is 0 Å². The van der Waals surface area contributed by atoms with Gasteiger partial charge < -0.3 is 9.84 Å². The van der Waals surface area contributed by atoms with Gasteiger partial charge in [0.15, 0.2) is 0 Å². The Morgan fingerprint density at radius 3 is 2.75 bits per heavy atom. The molecule has 20 heavy (non-hydrogen) atoms. The highest BCUT2D eigenvalue weighted by atomic mass is 32.2. The number of benzene rings is 1. The van der Waals surface area contributed by atoms with E-state index in [4.69, 9.17) is 9.84 Å². The van der Waals surface area contributed by atoms with E-state index in [9.17, 15) is 13.2 Å².